The Bertz CT molecular complexity index is 725. The largest absolute Gasteiger partial charge is 0.378 e. The van der Waals surface area contributed by atoms with Crippen LogP contribution in [-0.2, 0) is 5.60 Å². The third kappa shape index (κ3) is 3.29. The predicted molar refractivity (Wildman–Crippen MR) is 106 cm³/mol. The van der Waals surface area contributed by atoms with Gasteiger partial charge in [0.1, 0.15) is 5.60 Å². The minimum Gasteiger partial charge on any atom is -0.378 e. The van der Waals surface area contributed by atoms with Crippen LogP contribution in [-0.4, -0.2) is 20.1 Å². The Hall–Kier alpha value is -1.000. The van der Waals surface area contributed by atoms with Crippen LogP contribution in [0.3, 0.4) is 0 Å². The number of aliphatic hydroxyl groups is 1. The number of rotatable bonds is 4. The molecule has 1 aromatic heterocycles. The molecule has 2 aromatic carbocycles. The van der Waals surface area contributed by atoms with Gasteiger partial charge in [-0.05, 0) is 87.5 Å². The summed E-state index contributed by atoms with van der Waals surface area (Å²) < 4.78 is 3.95. The zero-order valence-corrected chi connectivity index (χ0v) is 16.7. The molecule has 1 atom stereocenters. The molecule has 0 saturated carbocycles. The SMILES string of the molecule is CC(n1ccnn1)C(O)(c1ccc(I)cc1)c1ccc(I)cc1. The van der Waals surface area contributed by atoms with E-state index in [1.807, 2.05) is 55.5 Å². The van der Waals surface area contributed by atoms with E-state index in [1.54, 1.807) is 17.1 Å². The van der Waals surface area contributed by atoms with Gasteiger partial charge >= 0.3 is 0 Å². The van der Waals surface area contributed by atoms with Gasteiger partial charge in [-0.25, -0.2) is 4.68 Å². The fraction of sp³-hybridized carbons (Fsp3) is 0.176. The van der Waals surface area contributed by atoms with Crippen molar-refractivity contribution < 1.29 is 5.11 Å². The number of hydrogen-bond acceptors (Lipinski definition) is 3. The highest BCUT2D eigenvalue weighted by Crippen LogP contribution is 2.39. The summed E-state index contributed by atoms with van der Waals surface area (Å²) in [5.74, 6) is 0. The molecule has 4 nitrogen and oxygen atoms in total. The first-order chi connectivity index (χ1) is 11.0. The molecule has 6 heteroatoms. The van der Waals surface area contributed by atoms with Crippen LogP contribution in [0, 0.1) is 7.14 Å². The smallest absolute Gasteiger partial charge is 0.137 e. The summed E-state index contributed by atoms with van der Waals surface area (Å²) in [4.78, 5) is 0. The average Bonchev–Trinajstić information content (AvgIpc) is 3.09. The lowest BCUT2D eigenvalue weighted by Gasteiger charge is -2.35. The lowest BCUT2D eigenvalue weighted by molar-refractivity contribution is 0.0240. The van der Waals surface area contributed by atoms with Crippen molar-refractivity contribution in [2.45, 2.75) is 18.6 Å². The quantitative estimate of drug-likeness (QED) is 0.519. The average molecular weight is 531 g/mol. The Morgan fingerprint density at radius 2 is 1.43 bits per heavy atom. The van der Waals surface area contributed by atoms with Crippen LogP contribution in [0.5, 0.6) is 0 Å². The topological polar surface area (TPSA) is 50.9 Å². The minimum absolute atomic E-state index is 0.301. The van der Waals surface area contributed by atoms with Crippen LogP contribution in [0.15, 0.2) is 60.9 Å². The third-order valence-electron chi connectivity index (χ3n) is 4.01. The Morgan fingerprint density at radius 1 is 0.957 bits per heavy atom. The molecule has 0 aliphatic rings. The van der Waals surface area contributed by atoms with E-state index in [9.17, 15) is 5.11 Å². The first-order valence-corrected chi connectivity index (χ1v) is 9.28. The molecule has 0 aliphatic carbocycles. The van der Waals surface area contributed by atoms with Crippen molar-refractivity contribution in [2.24, 2.45) is 0 Å². The second-order valence-electron chi connectivity index (χ2n) is 5.34. The minimum atomic E-state index is -1.19. The lowest BCUT2D eigenvalue weighted by Crippen LogP contribution is -2.37. The molecule has 0 saturated heterocycles. The second-order valence-corrected chi connectivity index (χ2v) is 7.83. The maximum absolute atomic E-state index is 11.7. The van der Waals surface area contributed by atoms with Gasteiger partial charge in [-0.15, -0.1) is 5.10 Å². The lowest BCUT2D eigenvalue weighted by atomic mass is 9.81. The Morgan fingerprint density at radius 3 is 1.83 bits per heavy atom. The highest BCUT2D eigenvalue weighted by molar-refractivity contribution is 14.1. The summed E-state index contributed by atoms with van der Waals surface area (Å²) in [7, 11) is 0. The molecule has 23 heavy (non-hydrogen) atoms. The van der Waals surface area contributed by atoms with E-state index in [2.05, 4.69) is 55.5 Å². The van der Waals surface area contributed by atoms with Crippen LogP contribution in [0.4, 0.5) is 0 Å². The van der Waals surface area contributed by atoms with E-state index in [-0.39, 0.29) is 6.04 Å². The highest BCUT2D eigenvalue weighted by atomic mass is 127. The predicted octanol–water partition coefficient (Wildman–Crippen LogP) is 3.98. The molecule has 1 heterocycles. The van der Waals surface area contributed by atoms with Gasteiger partial charge in [0, 0.05) is 13.3 Å². The molecular formula is C17H15I2N3O. The van der Waals surface area contributed by atoms with Gasteiger partial charge < -0.3 is 5.11 Å². The van der Waals surface area contributed by atoms with E-state index in [4.69, 9.17) is 0 Å². The van der Waals surface area contributed by atoms with Crippen molar-refractivity contribution >= 4 is 45.2 Å². The van der Waals surface area contributed by atoms with Crippen molar-refractivity contribution in [3.05, 3.63) is 79.2 Å². The van der Waals surface area contributed by atoms with Crippen LogP contribution in [0.1, 0.15) is 24.1 Å². The molecule has 1 unspecified atom stereocenters. The molecule has 3 rings (SSSR count). The number of hydrogen-bond donors (Lipinski definition) is 1. The van der Waals surface area contributed by atoms with Crippen molar-refractivity contribution in [3.8, 4) is 0 Å². The molecule has 118 valence electrons. The van der Waals surface area contributed by atoms with E-state index in [1.165, 1.54) is 0 Å². The molecular weight excluding hydrogens is 516 g/mol. The zero-order chi connectivity index (χ0) is 16.4. The summed E-state index contributed by atoms with van der Waals surface area (Å²) in [6.07, 6.45) is 3.40. The van der Waals surface area contributed by atoms with Crippen LogP contribution >= 0.6 is 45.2 Å². The summed E-state index contributed by atoms with van der Waals surface area (Å²) >= 11 is 4.52. The summed E-state index contributed by atoms with van der Waals surface area (Å²) in [6, 6.07) is 15.6. The highest BCUT2D eigenvalue weighted by Gasteiger charge is 2.39. The van der Waals surface area contributed by atoms with Crippen molar-refractivity contribution in [1.29, 1.82) is 0 Å². The molecule has 0 radical (unpaired) electrons. The van der Waals surface area contributed by atoms with Crippen LogP contribution in [0.2, 0.25) is 0 Å². The van der Waals surface area contributed by atoms with Gasteiger partial charge in [-0.2, -0.15) is 0 Å². The maximum Gasteiger partial charge on any atom is 0.137 e. The summed E-state index contributed by atoms with van der Waals surface area (Å²) in [5.41, 5.74) is 0.479. The molecule has 0 amide bonds. The fourth-order valence-corrected chi connectivity index (χ4v) is 3.39. The van der Waals surface area contributed by atoms with E-state index >= 15 is 0 Å². The molecule has 0 fully saturated rings. The van der Waals surface area contributed by atoms with Gasteiger partial charge in [0.05, 0.1) is 12.2 Å². The summed E-state index contributed by atoms with van der Waals surface area (Å²) in [6.45, 7) is 1.95. The van der Waals surface area contributed by atoms with Gasteiger partial charge in [0.2, 0.25) is 0 Å². The maximum atomic E-state index is 11.7. The molecule has 1 N–H and O–H groups in total. The van der Waals surface area contributed by atoms with Crippen molar-refractivity contribution in [1.82, 2.24) is 15.0 Å². The number of halogens is 2. The Balaban J connectivity index is 2.16. The van der Waals surface area contributed by atoms with E-state index in [0.29, 0.717) is 0 Å². The normalized spacial score (nSPS) is 13.0. The van der Waals surface area contributed by atoms with Crippen molar-refractivity contribution in [3.63, 3.8) is 0 Å². The Labute approximate surface area is 162 Å². The first kappa shape index (κ1) is 16.8. The Kier molecular flexibility index (Phi) is 5.02. The van der Waals surface area contributed by atoms with E-state index in [0.717, 1.165) is 18.3 Å². The van der Waals surface area contributed by atoms with Crippen LogP contribution < -0.4 is 0 Å². The molecule has 0 bridgehead atoms. The number of aromatic nitrogens is 3. The fourth-order valence-electron chi connectivity index (χ4n) is 2.67. The van der Waals surface area contributed by atoms with Crippen molar-refractivity contribution in [2.75, 3.05) is 0 Å². The number of benzene rings is 2. The van der Waals surface area contributed by atoms with E-state index < -0.39 is 5.60 Å². The molecule has 0 aliphatic heterocycles. The van der Waals surface area contributed by atoms with Gasteiger partial charge in [0.15, 0.2) is 0 Å². The molecule has 3 aromatic rings. The van der Waals surface area contributed by atoms with Crippen LogP contribution in [0.25, 0.3) is 0 Å². The molecule has 0 spiro atoms. The monoisotopic (exact) mass is 531 g/mol. The first-order valence-electron chi connectivity index (χ1n) is 7.12. The standard InChI is InChI=1S/C17H15I2N3O/c1-12(22-11-10-20-21-22)17(23,13-2-6-15(18)7-3-13)14-4-8-16(19)9-5-14/h2-12,23H,1H3. The van der Waals surface area contributed by atoms with Gasteiger partial charge in [-0.1, -0.05) is 29.5 Å². The van der Waals surface area contributed by atoms with Gasteiger partial charge in [0.25, 0.3) is 0 Å². The summed E-state index contributed by atoms with van der Waals surface area (Å²) in [5, 5.41) is 19.6. The number of nitrogens with zero attached hydrogens (tertiary/aromatic N) is 3. The second kappa shape index (κ2) is 6.86. The zero-order valence-electron chi connectivity index (χ0n) is 12.4. The van der Waals surface area contributed by atoms with Gasteiger partial charge in [-0.3, -0.25) is 0 Å². The third-order valence-corrected chi connectivity index (χ3v) is 5.45.